The third-order valence-electron chi connectivity index (χ3n) is 3.80. The van der Waals surface area contributed by atoms with Crippen LogP contribution in [0.25, 0.3) is 0 Å². The molecule has 2 aliphatic heterocycles. The largest absolute Gasteiger partial charge is 0.434 e. The van der Waals surface area contributed by atoms with Crippen molar-refractivity contribution in [2.24, 2.45) is 0 Å². The molecule has 0 aromatic heterocycles. The smallest absolute Gasteiger partial charge is 0.415 e. The molecule has 1 saturated heterocycles. The summed E-state index contributed by atoms with van der Waals surface area (Å²) in [5.74, 6) is -0.309. The highest BCUT2D eigenvalue weighted by Gasteiger charge is 2.37. The van der Waals surface area contributed by atoms with Crippen LogP contribution in [0.15, 0.2) is 18.2 Å². The predicted octanol–water partition coefficient (Wildman–Crippen LogP) is 0.277. The minimum Gasteiger partial charge on any atom is -0.434 e. The van der Waals surface area contributed by atoms with Gasteiger partial charge in [0, 0.05) is 25.5 Å². The Hall–Kier alpha value is -2.57. The molecular weight excluding hydrogens is 274 g/mol. The van der Waals surface area contributed by atoms with Crippen molar-refractivity contribution in [2.75, 3.05) is 30.4 Å². The summed E-state index contributed by atoms with van der Waals surface area (Å²) in [6.45, 7) is 0.168. The zero-order valence-electron chi connectivity index (χ0n) is 11.8. The molecule has 0 radical (unpaired) electrons. The van der Waals surface area contributed by atoms with Crippen LogP contribution in [0.3, 0.4) is 0 Å². The number of hydrogen-bond donors (Lipinski definition) is 1. The number of benzene rings is 1. The van der Waals surface area contributed by atoms with Gasteiger partial charge in [-0.15, -0.1) is 0 Å². The molecule has 0 saturated carbocycles. The Morgan fingerprint density at radius 2 is 2.14 bits per heavy atom. The number of rotatable bonds is 2. The van der Waals surface area contributed by atoms with Crippen molar-refractivity contribution in [1.82, 2.24) is 5.32 Å². The third-order valence-corrected chi connectivity index (χ3v) is 3.80. The molecule has 1 aromatic rings. The van der Waals surface area contributed by atoms with Gasteiger partial charge in [-0.25, -0.2) is 4.79 Å². The summed E-state index contributed by atoms with van der Waals surface area (Å²) in [5, 5.41) is 2.46. The van der Waals surface area contributed by atoms with E-state index in [1.807, 2.05) is 0 Å². The number of nitrogens with one attached hydrogen (secondary N) is 1. The first-order valence-corrected chi connectivity index (χ1v) is 6.60. The van der Waals surface area contributed by atoms with E-state index in [0.29, 0.717) is 12.1 Å². The quantitative estimate of drug-likeness (QED) is 0.848. The zero-order chi connectivity index (χ0) is 15.1. The molecule has 1 N–H and O–H groups in total. The van der Waals surface area contributed by atoms with Gasteiger partial charge in [0.1, 0.15) is 0 Å². The van der Waals surface area contributed by atoms with Crippen LogP contribution >= 0.6 is 0 Å². The average Bonchev–Trinajstić information content (AvgIpc) is 2.99. The van der Waals surface area contributed by atoms with E-state index in [1.165, 1.54) is 11.9 Å². The Bertz CT molecular complexity index is 643. The summed E-state index contributed by atoms with van der Waals surface area (Å²) in [4.78, 5) is 38.1. The normalized spacial score (nSPS) is 20.6. The molecular formula is C14H15N3O4. The van der Waals surface area contributed by atoms with Crippen molar-refractivity contribution in [2.45, 2.75) is 12.5 Å². The van der Waals surface area contributed by atoms with Crippen molar-refractivity contribution >= 4 is 29.3 Å². The maximum atomic E-state index is 11.9. The average molecular weight is 289 g/mol. The second-order valence-electron chi connectivity index (χ2n) is 5.04. The first kappa shape index (κ1) is 13.4. The van der Waals surface area contributed by atoms with Crippen LogP contribution in [0, 0.1) is 0 Å². The number of hydrogen-bond acceptors (Lipinski definition) is 4. The van der Waals surface area contributed by atoms with E-state index in [4.69, 9.17) is 4.74 Å². The van der Waals surface area contributed by atoms with E-state index in [9.17, 15) is 14.4 Å². The van der Waals surface area contributed by atoms with Gasteiger partial charge >= 0.3 is 6.09 Å². The molecule has 2 heterocycles. The molecule has 7 nitrogen and oxygen atoms in total. The standard InChI is InChI=1S/C14H15N3O4/c1-15-13(19)11-7-17(14(20)21-11)9-3-4-10-8(5-9)6-12(18)16(10)2/h3-5,11H,6-7H2,1-2H3,(H,15,19). The van der Waals surface area contributed by atoms with Crippen LogP contribution in [0.1, 0.15) is 5.56 Å². The number of fused-ring (bicyclic) bond motifs is 1. The lowest BCUT2D eigenvalue weighted by Gasteiger charge is -2.15. The summed E-state index contributed by atoms with van der Waals surface area (Å²) in [5.41, 5.74) is 2.35. The summed E-state index contributed by atoms with van der Waals surface area (Å²) >= 11 is 0. The topological polar surface area (TPSA) is 79.0 Å². The Morgan fingerprint density at radius 1 is 1.38 bits per heavy atom. The van der Waals surface area contributed by atoms with Gasteiger partial charge in [-0.3, -0.25) is 14.5 Å². The molecule has 2 aliphatic rings. The molecule has 0 spiro atoms. The Morgan fingerprint density at radius 3 is 2.86 bits per heavy atom. The Balaban J connectivity index is 1.86. The highest BCUT2D eigenvalue weighted by atomic mass is 16.6. The van der Waals surface area contributed by atoms with Crippen molar-refractivity contribution < 1.29 is 19.1 Å². The van der Waals surface area contributed by atoms with Crippen LogP contribution in [0.5, 0.6) is 0 Å². The molecule has 1 aromatic carbocycles. The van der Waals surface area contributed by atoms with Crippen molar-refractivity contribution in [3.05, 3.63) is 23.8 Å². The van der Waals surface area contributed by atoms with E-state index >= 15 is 0 Å². The van der Waals surface area contributed by atoms with Gasteiger partial charge in [-0.2, -0.15) is 0 Å². The number of nitrogens with zero attached hydrogens (tertiary/aromatic N) is 2. The van der Waals surface area contributed by atoms with Crippen LogP contribution in [-0.4, -0.2) is 44.7 Å². The molecule has 1 atom stereocenters. The van der Waals surface area contributed by atoms with Gasteiger partial charge in [-0.05, 0) is 23.8 Å². The maximum absolute atomic E-state index is 11.9. The number of amides is 3. The van der Waals surface area contributed by atoms with E-state index in [2.05, 4.69) is 5.32 Å². The van der Waals surface area contributed by atoms with E-state index < -0.39 is 12.2 Å². The lowest BCUT2D eigenvalue weighted by Crippen LogP contribution is -2.35. The lowest BCUT2D eigenvalue weighted by molar-refractivity contribution is -0.127. The van der Waals surface area contributed by atoms with Gasteiger partial charge in [0.05, 0.1) is 13.0 Å². The van der Waals surface area contributed by atoms with E-state index in [0.717, 1.165) is 11.3 Å². The Kier molecular flexibility index (Phi) is 3.04. The van der Waals surface area contributed by atoms with Crippen LogP contribution < -0.4 is 15.1 Å². The van der Waals surface area contributed by atoms with Crippen molar-refractivity contribution in [1.29, 1.82) is 0 Å². The van der Waals surface area contributed by atoms with Crippen LogP contribution in [-0.2, 0) is 20.7 Å². The highest BCUT2D eigenvalue weighted by molar-refractivity contribution is 6.02. The first-order valence-electron chi connectivity index (χ1n) is 6.60. The predicted molar refractivity (Wildman–Crippen MR) is 75.2 cm³/mol. The first-order chi connectivity index (χ1) is 10.0. The second-order valence-corrected chi connectivity index (χ2v) is 5.04. The molecule has 3 rings (SSSR count). The number of ether oxygens (including phenoxy) is 1. The third kappa shape index (κ3) is 2.10. The summed E-state index contributed by atoms with van der Waals surface area (Å²) in [6.07, 6.45) is -1.04. The number of carbonyl (C=O) groups excluding carboxylic acids is 3. The fraction of sp³-hybridized carbons (Fsp3) is 0.357. The molecule has 3 amide bonds. The second kappa shape index (κ2) is 4.76. The summed E-state index contributed by atoms with van der Waals surface area (Å²) in [6, 6.07) is 5.35. The molecule has 1 unspecified atom stereocenters. The summed E-state index contributed by atoms with van der Waals surface area (Å²) < 4.78 is 5.04. The summed E-state index contributed by atoms with van der Waals surface area (Å²) in [7, 11) is 3.22. The van der Waals surface area contributed by atoms with E-state index in [-0.39, 0.29) is 18.4 Å². The molecule has 110 valence electrons. The van der Waals surface area contributed by atoms with Gasteiger partial charge in [0.15, 0.2) is 6.10 Å². The minimum absolute atomic E-state index is 0.0226. The molecule has 0 aliphatic carbocycles. The molecule has 7 heteroatoms. The number of cyclic esters (lactones) is 1. The van der Waals surface area contributed by atoms with Crippen LogP contribution in [0.2, 0.25) is 0 Å². The molecule has 21 heavy (non-hydrogen) atoms. The number of carbonyl (C=O) groups is 3. The van der Waals surface area contributed by atoms with E-state index in [1.54, 1.807) is 30.1 Å². The van der Waals surface area contributed by atoms with Gasteiger partial charge in [0.25, 0.3) is 5.91 Å². The molecule has 0 bridgehead atoms. The fourth-order valence-electron chi connectivity index (χ4n) is 2.60. The number of anilines is 2. The highest BCUT2D eigenvalue weighted by Crippen LogP contribution is 2.32. The van der Waals surface area contributed by atoms with Gasteiger partial charge < -0.3 is 15.0 Å². The Labute approximate surface area is 121 Å². The SMILES string of the molecule is CNC(=O)C1CN(c2ccc3c(c2)CC(=O)N3C)C(=O)O1. The zero-order valence-corrected chi connectivity index (χ0v) is 11.8. The number of likely N-dealkylation sites (N-methyl/N-ethyl adjacent to an activating group) is 2. The lowest BCUT2D eigenvalue weighted by atomic mass is 10.1. The van der Waals surface area contributed by atoms with Crippen LogP contribution in [0.4, 0.5) is 16.2 Å². The van der Waals surface area contributed by atoms with Gasteiger partial charge in [-0.1, -0.05) is 0 Å². The van der Waals surface area contributed by atoms with Crippen molar-refractivity contribution in [3.8, 4) is 0 Å². The maximum Gasteiger partial charge on any atom is 0.415 e. The minimum atomic E-state index is -0.805. The fourth-order valence-corrected chi connectivity index (χ4v) is 2.60. The van der Waals surface area contributed by atoms with Crippen molar-refractivity contribution in [3.63, 3.8) is 0 Å². The molecule has 1 fully saturated rings. The van der Waals surface area contributed by atoms with Gasteiger partial charge in [0.2, 0.25) is 5.91 Å². The monoisotopic (exact) mass is 289 g/mol.